The van der Waals surface area contributed by atoms with Crippen LogP contribution in [-0.2, 0) is 6.54 Å². The van der Waals surface area contributed by atoms with Crippen molar-refractivity contribution in [1.82, 2.24) is 5.32 Å². The molecular weight excluding hydrogens is 509 g/mol. The molecule has 7 nitrogen and oxygen atoms in total. The van der Waals surface area contributed by atoms with E-state index in [0.717, 1.165) is 17.0 Å². The third-order valence-electron chi connectivity index (χ3n) is 4.05. The smallest absolute Gasteiger partial charge is 0.203 e. The Morgan fingerprint density at radius 2 is 1.65 bits per heavy atom. The fraction of sp³-hybridized carbons (Fsp3) is 0.348. The maximum absolute atomic E-state index is 5.69. The van der Waals surface area contributed by atoms with E-state index in [-0.39, 0.29) is 30.1 Å². The first kappa shape index (κ1) is 26.4. The number of hydrogen-bond donors (Lipinski definition) is 2. The van der Waals surface area contributed by atoms with Crippen LogP contribution in [0.1, 0.15) is 19.4 Å². The monoisotopic (exact) mass is 541 g/mol. The van der Waals surface area contributed by atoms with Crippen LogP contribution in [0.4, 0.5) is 5.69 Å². The molecule has 0 unspecified atom stereocenters. The van der Waals surface area contributed by atoms with Crippen LogP contribution in [0.15, 0.2) is 54.0 Å². The van der Waals surface area contributed by atoms with Gasteiger partial charge in [-0.15, -0.1) is 30.6 Å². The highest BCUT2D eigenvalue weighted by Gasteiger charge is 2.13. The summed E-state index contributed by atoms with van der Waals surface area (Å²) in [5, 5.41) is 6.51. The molecule has 0 heterocycles. The van der Waals surface area contributed by atoms with Crippen LogP contribution < -0.4 is 29.6 Å². The third-order valence-corrected chi connectivity index (χ3v) is 4.05. The second kappa shape index (κ2) is 13.6. The van der Waals surface area contributed by atoms with Crippen LogP contribution in [-0.4, -0.2) is 39.9 Å². The van der Waals surface area contributed by atoms with Gasteiger partial charge in [0.15, 0.2) is 17.5 Å². The third kappa shape index (κ3) is 8.20. The Hall–Kier alpha value is -2.62. The van der Waals surface area contributed by atoms with E-state index >= 15 is 0 Å². The van der Waals surface area contributed by atoms with Crippen LogP contribution in [0.3, 0.4) is 0 Å². The number of nitrogens with one attached hydrogen (secondary N) is 2. The summed E-state index contributed by atoms with van der Waals surface area (Å²) in [6.45, 7) is 8.74. The number of aliphatic imine (C=N–C) groups is 1. The molecule has 2 aromatic carbocycles. The number of halogens is 1. The summed E-state index contributed by atoms with van der Waals surface area (Å²) >= 11 is 0. The van der Waals surface area contributed by atoms with Crippen molar-refractivity contribution in [3.05, 3.63) is 54.6 Å². The fourth-order valence-corrected chi connectivity index (χ4v) is 2.73. The molecule has 0 spiro atoms. The minimum Gasteiger partial charge on any atom is -0.493 e. The molecule has 0 fully saturated rings. The molecule has 8 heteroatoms. The standard InChI is InChI=1S/C23H31N3O4.HI/c1-7-12-24-23(26-18-8-10-19(11-9-18)30-16(2)3)25-15-17-13-20(27-4)22(29-6)21(14-17)28-5;/h7-11,13-14,16H,1,12,15H2,2-6H3,(H2,24,25,26);1H. The summed E-state index contributed by atoms with van der Waals surface area (Å²) in [5.74, 6) is 3.19. The number of anilines is 1. The maximum atomic E-state index is 5.69. The highest BCUT2D eigenvalue weighted by Crippen LogP contribution is 2.38. The normalized spacial score (nSPS) is 10.7. The molecule has 0 radical (unpaired) electrons. The van der Waals surface area contributed by atoms with E-state index in [1.54, 1.807) is 27.4 Å². The number of hydrogen-bond acceptors (Lipinski definition) is 5. The second-order valence-corrected chi connectivity index (χ2v) is 6.68. The lowest BCUT2D eigenvalue weighted by Crippen LogP contribution is -2.31. The lowest BCUT2D eigenvalue weighted by atomic mass is 10.2. The van der Waals surface area contributed by atoms with Crippen LogP contribution in [0.2, 0.25) is 0 Å². The van der Waals surface area contributed by atoms with Gasteiger partial charge in [0.05, 0.1) is 34.0 Å². The SMILES string of the molecule is C=CCNC(=NCc1cc(OC)c(OC)c(OC)c1)Nc1ccc(OC(C)C)cc1.I. The predicted octanol–water partition coefficient (Wildman–Crippen LogP) is 4.86. The van der Waals surface area contributed by atoms with Gasteiger partial charge < -0.3 is 29.6 Å². The van der Waals surface area contributed by atoms with Crippen LogP contribution in [0.5, 0.6) is 23.0 Å². The zero-order valence-corrected chi connectivity index (χ0v) is 21.1. The van der Waals surface area contributed by atoms with Crippen molar-refractivity contribution in [2.24, 2.45) is 4.99 Å². The lowest BCUT2D eigenvalue weighted by molar-refractivity contribution is 0.242. The number of ether oxygens (including phenoxy) is 4. The molecule has 0 saturated carbocycles. The van der Waals surface area contributed by atoms with Gasteiger partial charge in [-0.1, -0.05) is 6.08 Å². The largest absolute Gasteiger partial charge is 0.493 e. The number of guanidine groups is 1. The number of methoxy groups -OCH3 is 3. The van der Waals surface area contributed by atoms with Gasteiger partial charge in [0.1, 0.15) is 5.75 Å². The Labute approximate surface area is 201 Å². The molecule has 0 aliphatic carbocycles. The number of rotatable bonds is 10. The van der Waals surface area contributed by atoms with Gasteiger partial charge in [-0.2, -0.15) is 0 Å². The summed E-state index contributed by atoms with van der Waals surface area (Å²) in [7, 11) is 4.77. The lowest BCUT2D eigenvalue weighted by Gasteiger charge is -2.15. The molecule has 170 valence electrons. The average Bonchev–Trinajstić information content (AvgIpc) is 2.75. The van der Waals surface area contributed by atoms with Crippen molar-refractivity contribution in [3.8, 4) is 23.0 Å². The van der Waals surface area contributed by atoms with E-state index in [1.807, 2.05) is 50.2 Å². The van der Waals surface area contributed by atoms with Gasteiger partial charge in [0, 0.05) is 12.2 Å². The van der Waals surface area contributed by atoms with Gasteiger partial charge in [-0.3, -0.25) is 0 Å². The van der Waals surface area contributed by atoms with E-state index < -0.39 is 0 Å². The summed E-state index contributed by atoms with van der Waals surface area (Å²) in [6.07, 6.45) is 1.91. The van der Waals surface area contributed by atoms with Gasteiger partial charge in [0.25, 0.3) is 0 Å². The Kier molecular flexibility index (Phi) is 11.6. The number of nitrogens with zero attached hydrogens (tertiary/aromatic N) is 1. The Balaban J connectivity index is 0.00000480. The molecule has 2 rings (SSSR count). The Morgan fingerprint density at radius 1 is 1.03 bits per heavy atom. The van der Waals surface area contributed by atoms with Crippen molar-refractivity contribution in [2.45, 2.75) is 26.5 Å². The summed E-state index contributed by atoms with van der Waals surface area (Å²) in [6, 6.07) is 11.5. The predicted molar refractivity (Wildman–Crippen MR) is 137 cm³/mol. The molecule has 0 atom stereocenters. The minimum absolute atomic E-state index is 0. The maximum Gasteiger partial charge on any atom is 0.203 e. The fourth-order valence-electron chi connectivity index (χ4n) is 2.73. The topological polar surface area (TPSA) is 73.3 Å². The highest BCUT2D eigenvalue weighted by atomic mass is 127. The van der Waals surface area contributed by atoms with E-state index in [9.17, 15) is 0 Å². The summed E-state index contributed by atoms with van der Waals surface area (Å²) in [5.41, 5.74) is 1.82. The van der Waals surface area contributed by atoms with Crippen molar-refractivity contribution in [2.75, 3.05) is 33.2 Å². The first-order valence-electron chi connectivity index (χ1n) is 9.72. The minimum atomic E-state index is 0. The van der Waals surface area contributed by atoms with Gasteiger partial charge >= 0.3 is 0 Å². The molecule has 0 aromatic heterocycles. The Bertz CT molecular complexity index is 829. The molecule has 0 aliphatic heterocycles. The van der Waals surface area contributed by atoms with E-state index in [1.165, 1.54) is 0 Å². The van der Waals surface area contributed by atoms with Crippen molar-refractivity contribution in [3.63, 3.8) is 0 Å². The van der Waals surface area contributed by atoms with E-state index in [0.29, 0.717) is 36.3 Å². The molecule has 0 bridgehead atoms. The first-order chi connectivity index (χ1) is 14.5. The van der Waals surface area contributed by atoms with Crippen LogP contribution >= 0.6 is 24.0 Å². The molecule has 2 aromatic rings. The zero-order chi connectivity index (χ0) is 21.9. The van der Waals surface area contributed by atoms with Crippen molar-refractivity contribution in [1.29, 1.82) is 0 Å². The molecule has 0 saturated heterocycles. The molecule has 31 heavy (non-hydrogen) atoms. The van der Waals surface area contributed by atoms with Crippen molar-refractivity contribution < 1.29 is 18.9 Å². The number of benzene rings is 2. The highest BCUT2D eigenvalue weighted by molar-refractivity contribution is 14.0. The Morgan fingerprint density at radius 3 is 2.13 bits per heavy atom. The average molecular weight is 541 g/mol. The van der Waals surface area contributed by atoms with E-state index in [2.05, 4.69) is 22.2 Å². The van der Waals surface area contributed by atoms with Gasteiger partial charge in [0.2, 0.25) is 5.75 Å². The molecular formula is C23H32IN3O4. The molecule has 0 aliphatic rings. The molecule has 2 N–H and O–H groups in total. The van der Waals surface area contributed by atoms with E-state index in [4.69, 9.17) is 18.9 Å². The zero-order valence-electron chi connectivity index (χ0n) is 18.7. The quantitative estimate of drug-likeness (QED) is 0.194. The van der Waals surface area contributed by atoms with Crippen LogP contribution in [0.25, 0.3) is 0 Å². The second-order valence-electron chi connectivity index (χ2n) is 6.68. The van der Waals surface area contributed by atoms with Gasteiger partial charge in [-0.25, -0.2) is 4.99 Å². The van der Waals surface area contributed by atoms with Crippen molar-refractivity contribution >= 4 is 35.6 Å². The molecule has 0 amide bonds. The van der Waals surface area contributed by atoms with Crippen LogP contribution in [0, 0.1) is 0 Å². The summed E-state index contributed by atoms with van der Waals surface area (Å²) in [4.78, 5) is 4.67. The van der Waals surface area contributed by atoms with Gasteiger partial charge in [-0.05, 0) is 55.8 Å². The first-order valence-corrected chi connectivity index (χ1v) is 9.72. The summed E-state index contributed by atoms with van der Waals surface area (Å²) < 4.78 is 21.9.